The second kappa shape index (κ2) is 12.8. The van der Waals surface area contributed by atoms with Gasteiger partial charge in [-0.3, -0.25) is 0 Å². The molecule has 0 radical (unpaired) electrons. The first-order valence-electron chi connectivity index (χ1n) is 14.6. The number of halogens is 8. The predicted octanol–water partition coefficient (Wildman–Crippen LogP) is 9.26. The molecule has 43 heavy (non-hydrogen) atoms. The molecule has 5 rings (SSSR count). The molecule has 1 heterocycles. The van der Waals surface area contributed by atoms with E-state index in [9.17, 15) is 26.3 Å². The number of hydrogen-bond donors (Lipinski definition) is 0. The van der Waals surface area contributed by atoms with E-state index in [0.717, 1.165) is 12.0 Å². The van der Waals surface area contributed by atoms with Crippen LogP contribution in [0.25, 0.3) is 11.1 Å². The summed E-state index contributed by atoms with van der Waals surface area (Å²) in [6.45, 7) is 3.48. The molecule has 4 nitrogen and oxygen atoms in total. The Morgan fingerprint density at radius 3 is 1.81 bits per heavy atom. The number of benzene rings is 2. The maximum absolute atomic E-state index is 15.1. The van der Waals surface area contributed by atoms with E-state index in [-0.39, 0.29) is 18.8 Å². The largest absolute Gasteiger partial charge is 0.573 e. The van der Waals surface area contributed by atoms with Gasteiger partial charge in [-0.2, -0.15) is 8.78 Å². The monoisotopic (exact) mass is 622 g/mol. The number of hydrogen-bond acceptors (Lipinski definition) is 4. The molecule has 2 aromatic rings. The second-order valence-corrected chi connectivity index (χ2v) is 12.0. The average Bonchev–Trinajstić information content (AvgIpc) is 2.94. The number of ether oxygens (including phenoxy) is 4. The Morgan fingerprint density at radius 2 is 1.26 bits per heavy atom. The van der Waals surface area contributed by atoms with E-state index in [0.29, 0.717) is 62.2 Å². The molecule has 238 valence electrons. The van der Waals surface area contributed by atoms with Gasteiger partial charge in [-0.05, 0) is 68.1 Å². The zero-order valence-electron chi connectivity index (χ0n) is 23.6. The molecule has 2 aliphatic carbocycles. The van der Waals surface area contributed by atoms with Gasteiger partial charge < -0.3 is 18.9 Å². The van der Waals surface area contributed by atoms with Gasteiger partial charge in [0.2, 0.25) is 0 Å². The van der Waals surface area contributed by atoms with E-state index in [2.05, 4.69) is 11.7 Å². The highest BCUT2D eigenvalue weighted by Gasteiger charge is 2.46. The molecule has 0 atom stereocenters. The third-order valence-electron chi connectivity index (χ3n) is 9.02. The fourth-order valence-corrected chi connectivity index (χ4v) is 6.55. The van der Waals surface area contributed by atoms with Crippen molar-refractivity contribution in [1.29, 1.82) is 0 Å². The maximum Gasteiger partial charge on any atom is 0.573 e. The third kappa shape index (κ3) is 7.74. The van der Waals surface area contributed by atoms with Crippen molar-refractivity contribution >= 4 is 0 Å². The van der Waals surface area contributed by atoms with Gasteiger partial charge in [-0.15, -0.1) is 13.2 Å². The predicted molar refractivity (Wildman–Crippen MR) is 140 cm³/mol. The summed E-state index contributed by atoms with van der Waals surface area (Å²) in [5, 5.41) is 0. The molecule has 0 bridgehead atoms. The van der Waals surface area contributed by atoms with Crippen LogP contribution in [-0.2, 0) is 9.47 Å². The van der Waals surface area contributed by atoms with E-state index in [1.807, 2.05) is 0 Å². The minimum absolute atomic E-state index is 0.0399. The van der Waals surface area contributed by atoms with Crippen LogP contribution in [-0.4, -0.2) is 32.0 Å². The smallest absolute Gasteiger partial charge is 0.432 e. The standard InChI is InChI=1S/C31H34F8O4/c1-17-2-4-18(5-3-17)21-15-40-29(41-16-21)19-6-9-22(10-7-19)30(35,36)42-23-13-25(33)28(26(34)14-23)20-8-11-27(24(32)12-20)43-31(37,38)39/h8,11-14,17-19,21-22,29H,2-7,9-10,15-16H2,1H3. The molecule has 2 aromatic carbocycles. The van der Waals surface area contributed by atoms with Crippen molar-refractivity contribution in [2.75, 3.05) is 13.2 Å². The molecule has 12 heteroatoms. The summed E-state index contributed by atoms with van der Waals surface area (Å²) < 4.78 is 131. The third-order valence-corrected chi connectivity index (χ3v) is 9.02. The van der Waals surface area contributed by atoms with Gasteiger partial charge in [0, 0.05) is 24.0 Å². The first-order valence-corrected chi connectivity index (χ1v) is 14.6. The van der Waals surface area contributed by atoms with E-state index in [1.165, 1.54) is 25.7 Å². The van der Waals surface area contributed by atoms with Crippen molar-refractivity contribution in [3.05, 3.63) is 47.8 Å². The maximum atomic E-state index is 15.1. The normalized spacial score (nSPS) is 28.9. The molecule has 0 amide bonds. The van der Waals surface area contributed by atoms with E-state index < -0.39 is 64.8 Å². The minimum atomic E-state index is -5.17. The first kappa shape index (κ1) is 31.8. The minimum Gasteiger partial charge on any atom is -0.432 e. The molecule has 0 aromatic heterocycles. The molecular formula is C31H34F8O4. The van der Waals surface area contributed by atoms with Crippen molar-refractivity contribution in [2.24, 2.45) is 29.6 Å². The number of rotatable bonds is 7. The lowest BCUT2D eigenvalue weighted by molar-refractivity contribution is -0.275. The van der Waals surface area contributed by atoms with Crippen LogP contribution in [0.1, 0.15) is 58.3 Å². The molecule has 0 N–H and O–H groups in total. The van der Waals surface area contributed by atoms with Crippen molar-refractivity contribution < 1.29 is 54.1 Å². The molecule has 2 saturated carbocycles. The molecule has 0 spiro atoms. The van der Waals surface area contributed by atoms with Gasteiger partial charge in [-0.1, -0.05) is 25.8 Å². The molecule has 1 saturated heterocycles. The van der Waals surface area contributed by atoms with Crippen LogP contribution in [0.15, 0.2) is 30.3 Å². The highest BCUT2D eigenvalue weighted by atomic mass is 19.4. The zero-order chi connectivity index (χ0) is 30.9. The van der Waals surface area contributed by atoms with Gasteiger partial charge in [0.05, 0.1) is 24.7 Å². The molecule has 1 aliphatic heterocycles. The SMILES string of the molecule is CC1CCC(C2COC(C3CCC(C(F)(F)Oc4cc(F)c(-c5ccc(OC(F)(F)F)c(F)c5)c(F)c4)CC3)OC2)CC1. The molecular weight excluding hydrogens is 588 g/mol. The quantitative estimate of drug-likeness (QED) is 0.289. The summed E-state index contributed by atoms with van der Waals surface area (Å²) in [5.74, 6) is -5.73. The topological polar surface area (TPSA) is 36.9 Å². The average molecular weight is 623 g/mol. The number of alkyl halides is 5. The lowest BCUT2D eigenvalue weighted by Crippen LogP contribution is -2.43. The van der Waals surface area contributed by atoms with Crippen molar-refractivity contribution in [2.45, 2.75) is 77.1 Å². The first-order chi connectivity index (χ1) is 20.3. The summed E-state index contributed by atoms with van der Waals surface area (Å²) in [6, 6.07) is 2.89. The fraction of sp³-hybridized carbons (Fsp3) is 0.613. The summed E-state index contributed by atoms with van der Waals surface area (Å²) in [4.78, 5) is 0. The van der Waals surface area contributed by atoms with E-state index >= 15 is 8.78 Å². The summed E-state index contributed by atoms with van der Waals surface area (Å²) in [6.07, 6.45) is -3.54. The Labute approximate surface area is 244 Å². The Morgan fingerprint density at radius 1 is 0.674 bits per heavy atom. The summed E-state index contributed by atoms with van der Waals surface area (Å²) >= 11 is 0. The highest BCUT2D eigenvalue weighted by Crippen LogP contribution is 2.44. The van der Waals surface area contributed by atoms with Gasteiger partial charge in [0.15, 0.2) is 17.9 Å². The van der Waals surface area contributed by atoms with Gasteiger partial charge in [0.1, 0.15) is 17.4 Å². The van der Waals surface area contributed by atoms with Crippen molar-refractivity contribution in [3.8, 4) is 22.6 Å². The fourth-order valence-electron chi connectivity index (χ4n) is 6.55. The molecule has 3 aliphatic rings. The van der Waals surface area contributed by atoms with Crippen LogP contribution in [0.5, 0.6) is 11.5 Å². The van der Waals surface area contributed by atoms with Crippen LogP contribution >= 0.6 is 0 Å². The van der Waals surface area contributed by atoms with E-state index in [4.69, 9.17) is 14.2 Å². The van der Waals surface area contributed by atoms with Crippen LogP contribution < -0.4 is 9.47 Å². The van der Waals surface area contributed by atoms with Crippen molar-refractivity contribution in [3.63, 3.8) is 0 Å². The summed E-state index contributed by atoms with van der Waals surface area (Å²) in [7, 11) is 0. The Hall–Kier alpha value is -2.60. The Balaban J connectivity index is 1.15. The van der Waals surface area contributed by atoms with E-state index in [1.54, 1.807) is 0 Å². The van der Waals surface area contributed by atoms with Crippen LogP contribution in [0.4, 0.5) is 35.1 Å². The lowest BCUT2D eigenvalue weighted by atomic mass is 9.76. The lowest BCUT2D eigenvalue weighted by Gasteiger charge is -2.41. The molecule has 0 unspecified atom stereocenters. The van der Waals surface area contributed by atoms with Crippen LogP contribution in [0, 0.1) is 47.0 Å². The van der Waals surface area contributed by atoms with Gasteiger partial charge in [0.25, 0.3) is 0 Å². The van der Waals surface area contributed by atoms with Gasteiger partial charge in [-0.25, -0.2) is 13.2 Å². The highest BCUT2D eigenvalue weighted by molar-refractivity contribution is 5.66. The van der Waals surface area contributed by atoms with Gasteiger partial charge >= 0.3 is 12.5 Å². The van der Waals surface area contributed by atoms with Crippen molar-refractivity contribution in [1.82, 2.24) is 0 Å². The Bertz CT molecular complexity index is 1220. The zero-order valence-corrected chi connectivity index (χ0v) is 23.6. The van der Waals surface area contributed by atoms with Crippen LogP contribution in [0.2, 0.25) is 0 Å². The van der Waals surface area contributed by atoms with Crippen LogP contribution in [0.3, 0.4) is 0 Å². The summed E-state index contributed by atoms with van der Waals surface area (Å²) in [5.41, 5.74) is -1.27. The Kier molecular flexibility index (Phi) is 9.46. The molecule has 3 fully saturated rings. The second-order valence-electron chi connectivity index (χ2n) is 12.0.